The van der Waals surface area contributed by atoms with Gasteiger partial charge >= 0.3 is 0 Å². The largest absolute Gasteiger partial charge is 0.497 e. The Bertz CT molecular complexity index is 1720. The normalized spacial score (nSPS) is 11.9. The lowest BCUT2D eigenvalue weighted by molar-refractivity contribution is -0.140. The summed E-state index contributed by atoms with van der Waals surface area (Å²) in [7, 11) is -1.37. The standard InChI is InChI=1S/C35H38BrN3O6S/c1-25(2)37-35(41)32(22-26-10-6-5-7-11-26)38(23-27-14-16-28(36)17-15-27)34(40)24-39(31-12-8-9-13-33(31)45-4)46(42,43)30-20-18-29(44-3)19-21-30/h5-21,25,32H,22-24H2,1-4H3,(H,37,41)/t32-/m1/s1. The molecule has 0 aliphatic rings. The third-order valence-corrected chi connectivity index (χ3v) is 9.55. The Labute approximate surface area is 279 Å². The Morgan fingerprint density at radius 2 is 1.43 bits per heavy atom. The molecule has 0 fully saturated rings. The Hall–Kier alpha value is -4.35. The SMILES string of the molecule is COc1ccc(S(=O)(=O)N(CC(=O)N(Cc2ccc(Br)cc2)[C@H](Cc2ccccc2)C(=O)NC(C)C)c2ccccc2OC)cc1. The van der Waals surface area contributed by atoms with Crippen molar-refractivity contribution in [1.82, 2.24) is 10.2 Å². The highest BCUT2D eigenvalue weighted by Crippen LogP contribution is 2.33. The first-order chi connectivity index (χ1) is 22.0. The maximum Gasteiger partial charge on any atom is 0.264 e. The van der Waals surface area contributed by atoms with Gasteiger partial charge in [-0.1, -0.05) is 70.5 Å². The maximum atomic E-state index is 14.6. The lowest BCUT2D eigenvalue weighted by Crippen LogP contribution is -2.54. The fraction of sp³-hybridized carbons (Fsp3) is 0.257. The van der Waals surface area contributed by atoms with Crippen molar-refractivity contribution in [3.05, 3.63) is 119 Å². The van der Waals surface area contributed by atoms with Gasteiger partial charge in [0.2, 0.25) is 11.8 Å². The number of nitrogens with one attached hydrogen (secondary N) is 1. The minimum atomic E-state index is -4.30. The predicted octanol–water partition coefficient (Wildman–Crippen LogP) is 5.83. The van der Waals surface area contributed by atoms with Gasteiger partial charge in [-0.2, -0.15) is 0 Å². The molecule has 46 heavy (non-hydrogen) atoms. The number of rotatable bonds is 14. The van der Waals surface area contributed by atoms with Crippen LogP contribution in [-0.4, -0.2) is 58.0 Å². The summed E-state index contributed by atoms with van der Waals surface area (Å²) in [5, 5.41) is 2.96. The van der Waals surface area contributed by atoms with E-state index < -0.39 is 28.5 Å². The highest BCUT2D eigenvalue weighted by molar-refractivity contribution is 9.10. The number of methoxy groups -OCH3 is 2. The van der Waals surface area contributed by atoms with Crippen LogP contribution in [0.5, 0.6) is 11.5 Å². The van der Waals surface area contributed by atoms with Gasteiger partial charge in [0.25, 0.3) is 10.0 Å². The van der Waals surface area contributed by atoms with Crippen molar-refractivity contribution < 1.29 is 27.5 Å². The zero-order valence-corrected chi connectivity index (χ0v) is 28.6. The number of amides is 2. The summed E-state index contributed by atoms with van der Waals surface area (Å²) >= 11 is 3.45. The van der Waals surface area contributed by atoms with Crippen LogP contribution in [-0.2, 0) is 32.6 Å². The van der Waals surface area contributed by atoms with Gasteiger partial charge in [-0.15, -0.1) is 0 Å². The van der Waals surface area contributed by atoms with Crippen LogP contribution in [0.25, 0.3) is 0 Å². The first-order valence-electron chi connectivity index (χ1n) is 14.7. The molecule has 1 N–H and O–H groups in total. The highest BCUT2D eigenvalue weighted by Gasteiger charge is 2.35. The molecule has 9 nitrogen and oxygen atoms in total. The Balaban J connectivity index is 1.83. The van der Waals surface area contributed by atoms with Gasteiger partial charge in [0.1, 0.15) is 24.1 Å². The molecule has 0 saturated carbocycles. The van der Waals surface area contributed by atoms with Crippen LogP contribution in [0.4, 0.5) is 5.69 Å². The third-order valence-electron chi connectivity index (χ3n) is 7.25. The summed E-state index contributed by atoms with van der Waals surface area (Å²) in [6.07, 6.45) is 0.224. The highest BCUT2D eigenvalue weighted by atomic mass is 79.9. The van der Waals surface area contributed by atoms with E-state index in [2.05, 4.69) is 21.2 Å². The van der Waals surface area contributed by atoms with Crippen LogP contribution in [0.2, 0.25) is 0 Å². The van der Waals surface area contributed by atoms with Crippen LogP contribution in [0.3, 0.4) is 0 Å². The Morgan fingerprint density at radius 1 is 0.804 bits per heavy atom. The second-order valence-electron chi connectivity index (χ2n) is 10.9. The summed E-state index contributed by atoms with van der Waals surface area (Å²) in [4.78, 5) is 29.8. The molecule has 11 heteroatoms. The molecule has 0 spiro atoms. The number of hydrogen-bond acceptors (Lipinski definition) is 6. The summed E-state index contributed by atoms with van der Waals surface area (Å²) in [6, 6.07) is 28.3. The summed E-state index contributed by atoms with van der Waals surface area (Å²) in [5.41, 5.74) is 1.81. The Morgan fingerprint density at radius 3 is 2.04 bits per heavy atom. The number of para-hydroxylation sites is 2. The lowest BCUT2D eigenvalue weighted by Gasteiger charge is -2.34. The van der Waals surface area contributed by atoms with Crippen molar-refractivity contribution in [3.63, 3.8) is 0 Å². The molecular formula is C35H38BrN3O6S. The molecule has 0 radical (unpaired) electrons. The van der Waals surface area contributed by atoms with Crippen molar-refractivity contribution in [1.29, 1.82) is 0 Å². The molecular weight excluding hydrogens is 670 g/mol. The maximum absolute atomic E-state index is 14.6. The van der Waals surface area contributed by atoms with Crippen molar-refractivity contribution in [2.75, 3.05) is 25.1 Å². The number of ether oxygens (including phenoxy) is 2. The number of carbonyl (C=O) groups excluding carboxylic acids is 2. The van der Waals surface area contributed by atoms with E-state index in [1.807, 2.05) is 68.4 Å². The number of hydrogen-bond donors (Lipinski definition) is 1. The van der Waals surface area contributed by atoms with Gasteiger partial charge in [0.15, 0.2) is 0 Å². The van der Waals surface area contributed by atoms with E-state index in [0.717, 1.165) is 19.9 Å². The van der Waals surface area contributed by atoms with Crippen LogP contribution in [0.1, 0.15) is 25.0 Å². The first-order valence-corrected chi connectivity index (χ1v) is 16.9. The van der Waals surface area contributed by atoms with Gasteiger partial charge in [-0.25, -0.2) is 8.42 Å². The molecule has 0 saturated heterocycles. The zero-order chi connectivity index (χ0) is 33.3. The molecule has 0 aromatic heterocycles. The second kappa shape index (κ2) is 15.8. The number of sulfonamides is 1. The molecule has 4 aromatic rings. The quantitative estimate of drug-likeness (QED) is 0.177. The molecule has 0 unspecified atom stereocenters. The van der Waals surface area contributed by atoms with E-state index in [9.17, 15) is 18.0 Å². The van der Waals surface area contributed by atoms with Crippen molar-refractivity contribution in [2.45, 2.75) is 43.8 Å². The smallest absolute Gasteiger partial charge is 0.264 e. The number of benzene rings is 4. The summed E-state index contributed by atoms with van der Waals surface area (Å²) < 4.78 is 41.2. The van der Waals surface area contributed by atoms with E-state index in [1.165, 1.54) is 31.3 Å². The summed E-state index contributed by atoms with van der Waals surface area (Å²) in [5.74, 6) is -0.151. The number of anilines is 1. The van der Waals surface area contributed by atoms with Crippen LogP contribution in [0.15, 0.2) is 112 Å². The van der Waals surface area contributed by atoms with E-state index in [0.29, 0.717) is 5.75 Å². The molecule has 242 valence electrons. The van der Waals surface area contributed by atoms with E-state index in [-0.39, 0.29) is 41.2 Å². The van der Waals surface area contributed by atoms with E-state index in [4.69, 9.17) is 9.47 Å². The minimum absolute atomic E-state index is 0.0372. The average Bonchev–Trinajstić information content (AvgIpc) is 3.06. The van der Waals surface area contributed by atoms with Gasteiger partial charge in [0.05, 0.1) is 24.8 Å². The fourth-order valence-electron chi connectivity index (χ4n) is 4.95. The summed E-state index contributed by atoms with van der Waals surface area (Å²) in [6.45, 7) is 3.18. The van der Waals surface area contributed by atoms with Crippen LogP contribution < -0.4 is 19.1 Å². The molecule has 4 aromatic carbocycles. The minimum Gasteiger partial charge on any atom is -0.497 e. The number of halogens is 1. The topological polar surface area (TPSA) is 105 Å². The first kappa shape index (κ1) is 34.5. The third kappa shape index (κ3) is 8.67. The second-order valence-corrected chi connectivity index (χ2v) is 13.7. The van der Waals surface area contributed by atoms with Gasteiger partial charge < -0.3 is 19.7 Å². The lowest BCUT2D eigenvalue weighted by atomic mass is 10.0. The molecule has 0 aliphatic heterocycles. The van der Waals surface area contributed by atoms with Crippen LogP contribution in [0, 0.1) is 0 Å². The molecule has 2 amide bonds. The zero-order valence-electron chi connectivity index (χ0n) is 26.2. The van der Waals surface area contributed by atoms with Crippen molar-refractivity contribution in [3.8, 4) is 11.5 Å². The molecule has 4 rings (SSSR count). The van der Waals surface area contributed by atoms with Crippen molar-refractivity contribution >= 4 is 43.5 Å². The van der Waals surface area contributed by atoms with E-state index >= 15 is 0 Å². The van der Waals surface area contributed by atoms with Gasteiger partial charge in [-0.3, -0.25) is 13.9 Å². The number of nitrogens with zero attached hydrogens (tertiary/aromatic N) is 2. The molecule has 0 bridgehead atoms. The van der Waals surface area contributed by atoms with E-state index in [1.54, 1.807) is 36.4 Å². The Kier molecular flexibility index (Phi) is 11.8. The molecule has 1 atom stereocenters. The van der Waals surface area contributed by atoms with Crippen LogP contribution >= 0.6 is 15.9 Å². The van der Waals surface area contributed by atoms with Crippen molar-refractivity contribution in [2.24, 2.45) is 0 Å². The fourth-order valence-corrected chi connectivity index (χ4v) is 6.63. The van der Waals surface area contributed by atoms with Gasteiger partial charge in [0, 0.05) is 23.5 Å². The predicted molar refractivity (Wildman–Crippen MR) is 182 cm³/mol. The average molecular weight is 709 g/mol. The number of carbonyl (C=O) groups is 2. The van der Waals surface area contributed by atoms with Gasteiger partial charge in [-0.05, 0) is 73.5 Å². The molecule has 0 heterocycles. The molecule has 0 aliphatic carbocycles. The monoisotopic (exact) mass is 707 g/mol.